The summed E-state index contributed by atoms with van der Waals surface area (Å²) in [6.45, 7) is 2.56. The molecule has 1 heterocycles. The van der Waals surface area contributed by atoms with Crippen LogP contribution in [0.15, 0.2) is 30.3 Å². The van der Waals surface area contributed by atoms with Gasteiger partial charge in [0.1, 0.15) is 0 Å². The maximum atomic E-state index is 15.0. The number of carbonyl (C=O) groups is 2. The van der Waals surface area contributed by atoms with E-state index in [4.69, 9.17) is 11.6 Å². The fraction of sp³-hybridized carbons (Fsp3) is 0.517. The molecule has 1 saturated carbocycles. The SMILES string of the molecule is CC1CN(CCC(F)(F)F)CCN1c1cc(Cl)ccc1NC(=O)c1ccc(CNC(=O)C2CCC(O)CC2)c(F)c1F. The number of hydrogen-bond acceptors (Lipinski definition) is 5. The Morgan fingerprint density at radius 1 is 1.05 bits per heavy atom. The van der Waals surface area contributed by atoms with Gasteiger partial charge in [0.2, 0.25) is 5.91 Å². The molecule has 2 aromatic rings. The number of nitrogens with one attached hydrogen (secondary N) is 2. The standard InChI is InChI=1S/C29H34ClF5N4O3/c1-17-16-38(11-10-29(33,34)35)12-13-39(17)24-14-20(30)5-9-23(24)37-28(42)22-8-4-19(25(31)26(22)32)15-36-27(41)18-2-6-21(40)7-3-18/h4-5,8-9,14,17-18,21,40H,2-3,6-7,10-13,15-16H2,1H3,(H,36,41)(H,37,42). The lowest BCUT2D eigenvalue weighted by molar-refractivity contribution is -0.138. The molecular formula is C29H34ClF5N4O3. The van der Waals surface area contributed by atoms with E-state index in [9.17, 15) is 32.3 Å². The van der Waals surface area contributed by atoms with E-state index < -0.39 is 41.8 Å². The molecule has 3 N–H and O–H groups in total. The molecule has 4 rings (SSSR count). The van der Waals surface area contributed by atoms with Gasteiger partial charge in [-0.1, -0.05) is 17.7 Å². The molecule has 7 nitrogen and oxygen atoms in total. The fourth-order valence-corrected chi connectivity index (χ4v) is 5.65. The van der Waals surface area contributed by atoms with Gasteiger partial charge >= 0.3 is 6.18 Å². The van der Waals surface area contributed by atoms with E-state index in [1.165, 1.54) is 18.2 Å². The van der Waals surface area contributed by atoms with Crippen molar-refractivity contribution in [2.45, 2.75) is 63.9 Å². The zero-order valence-electron chi connectivity index (χ0n) is 23.1. The van der Waals surface area contributed by atoms with Crippen LogP contribution in [0, 0.1) is 17.6 Å². The predicted molar refractivity (Wildman–Crippen MR) is 149 cm³/mol. The molecule has 1 unspecified atom stereocenters. The number of rotatable bonds is 8. The summed E-state index contributed by atoms with van der Waals surface area (Å²) in [6.07, 6.45) is -3.52. The minimum Gasteiger partial charge on any atom is -0.393 e. The van der Waals surface area contributed by atoms with Crippen LogP contribution in [0.4, 0.5) is 33.3 Å². The van der Waals surface area contributed by atoms with Crippen LogP contribution in [0.5, 0.6) is 0 Å². The molecule has 2 aliphatic rings. The molecule has 0 radical (unpaired) electrons. The third kappa shape index (κ3) is 8.11. The summed E-state index contributed by atoms with van der Waals surface area (Å²) < 4.78 is 67.9. The van der Waals surface area contributed by atoms with Gasteiger partial charge in [-0.2, -0.15) is 13.2 Å². The van der Waals surface area contributed by atoms with E-state index in [1.54, 1.807) is 11.0 Å². The zero-order valence-corrected chi connectivity index (χ0v) is 23.9. The monoisotopic (exact) mass is 616 g/mol. The zero-order chi connectivity index (χ0) is 30.6. The number of carbonyl (C=O) groups excluding carboxylic acids is 2. The van der Waals surface area contributed by atoms with E-state index in [0.29, 0.717) is 56.0 Å². The Hall–Kier alpha value is -2.96. The lowest BCUT2D eigenvalue weighted by Crippen LogP contribution is -2.52. The number of aliphatic hydroxyl groups excluding tert-OH is 1. The molecule has 42 heavy (non-hydrogen) atoms. The number of nitrogens with zero attached hydrogens (tertiary/aromatic N) is 2. The van der Waals surface area contributed by atoms with Crippen molar-refractivity contribution in [3.8, 4) is 0 Å². The second-order valence-electron chi connectivity index (χ2n) is 10.9. The van der Waals surface area contributed by atoms with Gasteiger partial charge in [-0.25, -0.2) is 8.78 Å². The van der Waals surface area contributed by atoms with Crippen LogP contribution < -0.4 is 15.5 Å². The first kappa shape index (κ1) is 32.0. The fourth-order valence-electron chi connectivity index (χ4n) is 5.48. The summed E-state index contributed by atoms with van der Waals surface area (Å²) in [6, 6.07) is 6.83. The number of alkyl halides is 3. The van der Waals surface area contributed by atoms with Gasteiger partial charge in [0, 0.05) is 55.3 Å². The van der Waals surface area contributed by atoms with Crippen LogP contribution in [0.1, 0.15) is 54.9 Å². The summed E-state index contributed by atoms with van der Waals surface area (Å²) >= 11 is 6.21. The van der Waals surface area contributed by atoms with Gasteiger partial charge in [-0.15, -0.1) is 0 Å². The van der Waals surface area contributed by atoms with Gasteiger partial charge in [0.15, 0.2) is 11.6 Å². The van der Waals surface area contributed by atoms with Gasteiger partial charge in [-0.05, 0) is 56.9 Å². The highest BCUT2D eigenvalue weighted by Gasteiger charge is 2.32. The van der Waals surface area contributed by atoms with Crippen LogP contribution in [0.2, 0.25) is 5.02 Å². The molecule has 0 spiro atoms. The van der Waals surface area contributed by atoms with Crippen molar-refractivity contribution in [2.75, 3.05) is 36.4 Å². The van der Waals surface area contributed by atoms with E-state index in [2.05, 4.69) is 10.6 Å². The molecule has 2 fully saturated rings. The Morgan fingerprint density at radius 3 is 2.43 bits per heavy atom. The van der Waals surface area contributed by atoms with E-state index in [-0.39, 0.29) is 42.2 Å². The predicted octanol–water partition coefficient (Wildman–Crippen LogP) is 5.50. The summed E-state index contributed by atoms with van der Waals surface area (Å²) in [5.41, 5.74) is 0.149. The molecule has 230 valence electrons. The van der Waals surface area contributed by atoms with E-state index >= 15 is 4.39 Å². The van der Waals surface area contributed by atoms with Gasteiger partial charge in [0.25, 0.3) is 5.91 Å². The van der Waals surface area contributed by atoms with Crippen molar-refractivity contribution >= 4 is 34.8 Å². The summed E-state index contributed by atoms with van der Waals surface area (Å²) in [7, 11) is 0. The topological polar surface area (TPSA) is 84.9 Å². The molecule has 0 bridgehead atoms. The van der Waals surface area contributed by atoms with Crippen LogP contribution >= 0.6 is 11.6 Å². The van der Waals surface area contributed by atoms with Crippen molar-refractivity contribution in [3.05, 3.63) is 58.1 Å². The minimum absolute atomic E-state index is 0.113. The average Bonchev–Trinajstić information content (AvgIpc) is 2.93. The molecule has 1 atom stereocenters. The van der Waals surface area contributed by atoms with Crippen molar-refractivity contribution in [2.24, 2.45) is 5.92 Å². The molecule has 2 amide bonds. The van der Waals surface area contributed by atoms with Crippen molar-refractivity contribution < 1.29 is 36.6 Å². The largest absolute Gasteiger partial charge is 0.393 e. The highest BCUT2D eigenvalue weighted by Crippen LogP contribution is 2.33. The first-order valence-corrected chi connectivity index (χ1v) is 14.3. The molecule has 13 heteroatoms. The van der Waals surface area contributed by atoms with Gasteiger partial charge in [-0.3, -0.25) is 14.5 Å². The normalized spacial score (nSPS) is 21.7. The third-order valence-electron chi connectivity index (χ3n) is 7.87. The first-order chi connectivity index (χ1) is 19.8. The highest BCUT2D eigenvalue weighted by atomic mass is 35.5. The Balaban J connectivity index is 1.42. The smallest absolute Gasteiger partial charge is 0.390 e. The molecule has 2 aromatic carbocycles. The van der Waals surface area contributed by atoms with Crippen LogP contribution in [-0.2, 0) is 11.3 Å². The highest BCUT2D eigenvalue weighted by molar-refractivity contribution is 6.31. The van der Waals surface area contributed by atoms with E-state index in [0.717, 1.165) is 6.07 Å². The number of anilines is 2. The number of amides is 2. The molecular weight excluding hydrogens is 583 g/mol. The quantitative estimate of drug-likeness (QED) is 0.341. The van der Waals surface area contributed by atoms with Gasteiger partial charge < -0.3 is 20.6 Å². The third-order valence-corrected chi connectivity index (χ3v) is 8.10. The van der Waals surface area contributed by atoms with Crippen molar-refractivity contribution in [3.63, 3.8) is 0 Å². The number of hydrogen-bond donors (Lipinski definition) is 3. The second-order valence-corrected chi connectivity index (χ2v) is 11.4. The maximum absolute atomic E-state index is 15.0. The Morgan fingerprint density at radius 2 is 1.76 bits per heavy atom. The molecule has 1 aliphatic carbocycles. The number of aliphatic hydroxyl groups is 1. The number of piperazine rings is 1. The summed E-state index contributed by atoms with van der Waals surface area (Å²) in [4.78, 5) is 29.1. The van der Waals surface area contributed by atoms with E-state index in [1.807, 2.05) is 11.8 Å². The summed E-state index contributed by atoms with van der Waals surface area (Å²) in [5.74, 6) is -4.10. The first-order valence-electron chi connectivity index (χ1n) is 13.9. The Bertz CT molecular complexity index is 1290. The minimum atomic E-state index is -4.24. The van der Waals surface area contributed by atoms with Crippen LogP contribution in [-0.4, -0.2) is 66.3 Å². The van der Waals surface area contributed by atoms with Crippen LogP contribution in [0.3, 0.4) is 0 Å². The average molecular weight is 617 g/mol. The van der Waals surface area contributed by atoms with Crippen LogP contribution in [0.25, 0.3) is 0 Å². The van der Waals surface area contributed by atoms with Crippen molar-refractivity contribution in [1.29, 1.82) is 0 Å². The maximum Gasteiger partial charge on any atom is 0.390 e. The number of halogens is 6. The lowest BCUT2D eigenvalue weighted by atomic mass is 9.87. The molecule has 0 aromatic heterocycles. The molecule has 1 aliphatic heterocycles. The Kier molecular flexibility index (Phi) is 10.3. The lowest BCUT2D eigenvalue weighted by Gasteiger charge is -2.42. The Labute approximate surface area is 246 Å². The van der Waals surface area contributed by atoms with Gasteiger partial charge in [0.05, 0.1) is 29.5 Å². The summed E-state index contributed by atoms with van der Waals surface area (Å²) in [5, 5.41) is 15.2. The van der Waals surface area contributed by atoms with Crippen molar-refractivity contribution in [1.82, 2.24) is 10.2 Å². The number of benzene rings is 2. The second kappa shape index (κ2) is 13.6. The molecule has 1 saturated heterocycles.